The highest BCUT2D eigenvalue weighted by molar-refractivity contribution is 5.43. The second-order valence-electron chi connectivity index (χ2n) is 5.76. The first-order valence-corrected chi connectivity index (χ1v) is 6.06. The van der Waals surface area contributed by atoms with Gasteiger partial charge in [0, 0.05) is 10.8 Å². The molecule has 0 radical (unpaired) electrons. The van der Waals surface area contributed by atoms with E-state index >= 15 is 0 Å². The van der Waals surface area contributed by atoms with Gasteiger partial charge in [-0.25, -0.2) is 0 Å². The lowest BCUT2D eigenvalue weighted by molar-refractivity contribution is 0.136. The molecule has 1 aromatic carbocycles. The van der Waals surface area contributed by atoms with Crippen molar-refractivity contribution in [3.8, 4) is 0 Å². The highest BCUT2D eigenvalue weighted by atomic mass is 14.6. The van der Waals surface area contributed by atoms with Crippen LogP contribution in [0, 0.1) is 11.8 Å². The van der Waals surface area contributed by atoms with Gasteiger partial charge in [0.2, 0.25) is 0 Å². The summed E-state index contributed by atoms with van der Waals surface area (Å²) in [7, 11) is 0. The summed E-state index contributed by atoms with van der Waals surface area (Å²) in [4.78, 5) is 0. The van der Waals surface area contributed by atoms with Crippen molar-refractivity contribution in [2.75, 3.05) is 0 Å². The minimum absolute atomic E-state index is 0.429. The first-order valence-electron chi connectivity index (χ1n) is 6.06. The van der Waals surface area contributed by atoms with Gasteiger partial charge in [-0.2, -0.15) is 0 Å². The maximum Gasteiger partial charge on any atom is 0.0940 e. The molecule has 3 rings (SSSR count). The molecule has 1 saturated carbocycles. The third kappa shape index (κ3) is 1.05. The van der Waals surface area contributed by atoms with Crippen molar-refractivity contribution in [3.05, 3.63) is 41.8 Å². The van der Waals surface area contributed by atoms with Crippen LogP contribution < -0.4 is 0 Å². The molecule has 2 atom stereocenters. The lowest BCUT2D eigenvalue weighted by Crippen LogP contribution is -2.40. The van der Waals surface area contributed by atoms with Crippen LogP contribution in [0.5, 0.6) is 0 Å². The molecule has 0 heteroatoms. The van der Waals surface area contributed by atoms with Crippen LogP contribution in [0.25, 0.3) is 0 Å². The van der Waals surface area contributed by atoms with Crippen molar-refractivity contribution < 1.29 is 0 Å². The quantitative estimate of drug-likeness (QED) is 0.556. The molecule has 0 nitrogen and oxygen atoms in total. The zero-order valence-corrected chi connectivity index (χ0v) is 9.72. The molecule has 0 saturated heterocycles. The van der Waals surface area contributed by atoms with Gasteiger partial charge in [0.05, 0.1) is 19.3 Å². The van der Waals surface area contributed by atoms with E-state index in [9.17, 15) is 0 Å². The Labute approximate surface area is 92.7 Å². The van der Waals surface area contributed by atoms with Gasteiger partial charge in [-0.1, -0.05) is 38.1 Å². The van der Waals surface area contributed by atoms with Gasteiger partial charge < -0.3 is 0 Å². The van der Waals surface area contributed by atoms with Crippen LogP contribution in [-0.2, 0) is 11.8 Å². The van der Waals surface area contributed by atoms with E-state index in [0.717, 1.165) is 0 Å². The monoisotopic (exact) mass is 199 g/mol. The third-order valence-corrected chi connectivity index (χ3v) is 4.97. The molecule has 1 aromatic rings. The Balaban J connectivity index is 2.17. The molecule has 0 heterocycles. The van der Waals surface area contributed by atoms with Crippen LogP contribution in [0.1, 0.15) is 44.2 Å². The second kappa shape index (κ2) is 2.81. The lowest BCUT2D eigenvalue weighted by Gasteiger charge is -2.42. The number of hydrogen-bond donors (Lipinski definition) is 0. The summed E-state index contributed by atoms with van der Waals surface area (Å²) in [5.74, 6) is 0. The van der Waals surface area contributed by atoms with Crippen LogP contribution in [0.2, 0.25) is 0 Å². The Kier molecular flexibility index (Phi) is 1.75. The van der Waals surface area contributed by atoms with E-state index in [2.05, 4.69) is 44.5 Å². The normalized spacial score (nSPS) is 38.0. The Hall–Kier alpha value is -0.910. The molecule has 0 aliphatic heterocycles. The Morgan fingerprint density at radius 2 is 2.00 bits per heavy atom. The molecule has 0 amide bonds. The molecule has 15 heavy (non-hydrogen) atoms. The predicted molar refractivity (Wildman–Crippen MR) is 63.8 cm³/mol. The van der Waals surface area contributed by atoms with E-state index in [4.69, 9.17) is 0 Å². The van der Waals surface area contributed by atoms with Crippen molar-refractivity contribution in [1.29, 1.82) is 0 Å². The molecular formula is C15H19+. The van der Waals surface area contributed by atoms with E-state index in [1.165, 1.54) is 25.7 Å². The SMILES string of the molecule is CC12C[CH+]CCC1(C)c1ccccc1C2. The average Bonchev–Trinajstić information content (AvgIpc) is 2.47. The van der Waals surface area contributed by atoms with Crippen LogP contribution in [0.4, 0.5) is 0 Å². The molecule has 0 aromatic heterocycles. The summed E-state index contributed by atoms with van der Waals surface area (Å²) in [5.41, 5.74) is 4.13. The standard InChI is InChI=1S/C15H19/c1-14-9-5-6-10-15(14,2)13-8-4-3-7-12(13)11-14/h3-5,7-8H,6,9-11H2,1-2H3/q+1. The fraction of sp³-hybridized carbons (Fsp3) is 0.533. The maximum absolute atomic E-state index is 2.49. The number of rotatable bonds is 0. The van der Waals surface area contributed by atoms with Gasteiger partial charge in [-0.05, 0) is 24.0 Å². The third-order valence-electron chi connectivity index (χ3n) is 4.97. The molecule has 0 N–H and O–H groups in total. The Morgan fingerprint density at radius 3 is 2.87 bits per heavy atom. The van der Waals surface area contributed by atoms with E-state index in [1.54, 1.807) is 11.1 Å². The summed E-state index contributed by atoms with van der Waals surface area (Å²) in [6.07, 6.45) is 7.68. The van der Waals surface area contributed by atoms with Gasteiger partial charge >= 0.3 is 0 Å². The van der Waals surface area contributed by atoms with Gasteiger partial charge in [-0.3, -0.25) is 0 Å². The molecule has 0 bridgehead atoms. The fourth-order valence-electron chi connectivity index (χ4n) is 3.70. The van der Waals surface area contributed by atoms with Crippen LogP contribution in [-0.4, -0.2) is 0 Å². The van der Waals surface area contributed by atoms with E-state index in [0.29, 0.717) is 10.8 Å². The molecule has 1 fully saturated rings. The van der Waals surface area contributed by atoms with Gasteiger partial charge in [0.25, 0.3) is 0 Å². The molecule has 2 aliphatic rings. The minimum atomic E-state index is 0.429. The van der Waals surface area contributed by atoms with E-state index < -0.39 is 0 Å². The smallest absolute Gasteiger partial charge is 0.0620 e. The van der Waals surface area contributed by atoms with Crippen LogP contribution in [0.3, 0.4) is 0 Å². The largest absolute Gasteiger partial charge is 0.0940 e. The first kappa shape index (κ1) is 9.33. The highest BCUT2D eigenvalue weighted by Gasteiger charge is 2.55. The van der Waals surface area contributed by atoms with Crippen molar-refractivity contribution in [2.24, 2.45) is 5.41 Å². The Bertz CT molecular complexity index is 393. The maximum atomic E-state index is 2.49. The number of hydrogen-bond acceptors (Lipinski definition) is 0. The van der Waals surface area contributed by atoms with E-state index in [1.807, 2.05) is 0 Å². The lowest BCUT2D eigenvalue weighted by atomic mass is 9.58. The molecule has 2 unspecified atom stereocenters. The fourth-order valence-corrected chi connectivity index (χ4v) is 3.70. The average molecular weight is 199 g/mol. The van der Waals surface area contributed by atoms with Crippen molar-refractivity contribution in [2.45, 2.75) is 44.9 Å². The molecule has 0 spiro atoms. The summed E-state index contributed by atoms with van der Waals surface area (Å²) in [5, 5.41) is 0. The summed E-state index contributed by atoms with van der Waals surface area (Å²) in [6, 6.07) is 9.07. The summed E-state index contributed by atoms with van der Waals surface area (Å²) < 4.78 is 0. The Morgan fingerprint density at radius 1 is 1.20 bits per heavy atom. The molecule has 78 valence electrons. The number of benzene rings is 1. The zero-order valence-electron chi connectivity index (χ0n) is 9.72. The highest BCUT2D eigenvalue weighted by Crippen LogP contribution is 2.58. The van der Waals surface area contributed by atoms with Crippen LogP contribution in [0.15, 0.2) is 24.3 Å². The van der Waals surface area contributed by atoms with E-state index in [-0.39, 0.29) is 0 Å². The first-order chi connectivity index (χ1) is 7.16. The van der Waals surface area contributed by atoms with Crippen molar-refractivity contribution in [3.63, 3.8) is 0 Å². The van der Waals surface area contributed by atoms with Gasteiger partial charge in [0.15, 0.2) is 0 Å². The predicted octanol–water partition coefficient (Wildman–Crippen LogP) is 3.89. The summed E-state index contributed by atoms with van der Waals surface area (Å²) in [6.45, 7) is 4.95. The molecular weight excluding hydrogens is 180 g/mol. The topological polar surface area (TPSA) is 0 Å². The minimum Gasteiger partial charge on any atom is -0.0620 e. The summed E-state index contributed by atoms with van der Waals surface area (Å²) >= 11 is 0. The van der Waals surface area contributed by atoms with Gasteiger partial charge in [-0.15, -0.1) is 0 Å². The molecule has 2 aliphatic carbocycles. The van der Waals surface area contributed by atoms with Crippen molar-refractivity contribution >= 4 is 0 Å². The van der Waals surface area contributed by atoms with Crippen molar-refractivity contribution in [1.82, 2.24) is 0 Å². The zero-order chi connectivity index (χ0) is 10.5. The number of fused-ring (bicyclic) bond motifs is 3. The second-order valence-corrected chi connectivity index (χ2v) is 5.76. The van der Waals surface area contributed by atoms with Gasteiger partial charge in [0.1, 0.15) is 0 Å². The van der Waals surface area contributed by atoms with Crippen LogP contribution >= 0.6 is 0 Å².